The molecule has 0 aliphatic carbocycles. The summed E-state index contributed by atoms with van der Waals surface area (Å²) in [5.41, 5.74) is 1.70. The molecule has 0 aliphatic rings. The van der Waals surface area contributed by atoms with Crippen LogP contribution in [0.15, 0.2) is 42.5 Å². The van der Waals surface area contributed by atoms with E-state index in [9.17, 15) is 19.2 Å². The Morgan fingerprint density at radius 3 is 1.90 bits per heavy atom. The fraction of sp³-hybridized carbons (Fsp3) is 0.238. The second kappa shape index (κ2) is 11.0. The third kappa shape index (κ3) is 7.92. The van der Waals surface area contributed by atoms with Crippen molar-refractivity contribution in [2.24, 2.45) is 0 Å². The summed E-state index contributed by atoms with van der Waals surface area (Å²) < 4.78 is 0. The van der Waals surface area contributed by atoms with Crippen LogP contribution in [0.1, 0.15) is 37.0 Å². The number of amides is 4. The van der Waals surface area contributed by atoms with Gasteiger partial charge in [-0.1, -0.05) is 11.6 Å². The molecular formula is C21H23ClN4O4. The first-order valence-corrected chi connectivity index (χ1v) is 9.64. The van der Waals surface area contributed by atoms with E-state index in [-0.39, 0.29) is 42.2 Å². The van der Waals surface area contributed by atoms with E-state index in [1.54, 1.807) is 30.3 Å². The minimum absolute atomic E-state index is 0.174. The highest BCUT2D eigenvalue weighted by Crippen LogP contribution is 2.19. The van der Waals surface area contributed by atoms with Crippen molar-refractivity contribution in [3.05, 3.63) is 53.1 Å². The largest absolute Gasteiger partial charge is 0.352 e. The average Bonchev–Trinajstić information content (AvgIpc) is 2.65. The zero-order valence-corrected chi connectivity index (χ0v) is 17.4. The van der Waals surface area contributed by atoms with E-state index in [4.69, 9.17) is 11.6 Å². The predicted octanol–water partition coefficient (Wildman–Crippen LogP) is 3.41. The summed E-state index contributed by atoms with van der Waals surface area (Å²) in [6, 6.07) is 11.3. The molecule has 0 saturated heterocycles. The lowest BCUT2D eigenvalue weighted by Crippen LogP contribution is -2.26. The molecule has 0 heterocycles. The summed E-state index contributed by atoms with van der Waals surface area (Å²) in [5, 5.41) is 11.2. The summed E-state index contributed by atoms with van der Waals surface area (Å²) in [7, 11) is 0. The van der Waals surface area contributed by atoms with Gasteiger partial charge in [0.15, 0.2) is 0 Å². The SMILES string of the molecule is CC(=O)Nc1cc(NC(C)=O)cc(C(=O)NCCCC(=O)Nc2ccc(Cl)cc2)c1. The Morgan fingerprint density at radius 2 is 1.37 bits per heavy atom. The van der Waals surface area contributed by atoms with Crippen LogP contribution < -0.4 is 21.3 Å². The number of carbonyl (C=O) groups excluding carboxylic acids is 4. The molecule has 2 aromatic carbocycles. The molecule has 0 unspecified atom stereocenters. The van der Waals surface area contributed by atoms with Gasteiger partial charge in [0.1, 0.15) is 0 Å². The van der Waals surface area contributed by atoms with E-state index in [2.05, 4.69) is 21.3 Å². The van der Waals surface area contributed by atoms with E-state index >= 15 is 0 Å². The molecule has 0 atom stereocenters. The lowest BCUT2D eigenvalue weighted by atomic mass is 10.1. The van der Waals surface area contributed by atoms with Crippen LogP contribution in [0.3, 0.4) is 0 Å². The lowest BCUT2D eigenvalue weighted by Gasteiger charge is -2.11. The van der Waals surface area contributed by atoms with Gasteiger partial charge in [-0.25, -0.2) is 0 Å². The number of hydrogen-bond acceptors (Lipinski definition) is 4. The number of nitrogens with one attached hydrogen (secondary N) is 4. The molecule has 158 valence electrons. The maximum Gasteiger partial charge on any atom is 0.251 e. The second-order valence-electron chi connectivity index (χ2n) is 6.58. The molecule has 9 heteroatoms. The fourth-order valence-corrected chi connectivity index (χ4v) is 2.75. The van der Waals surface area contributed by atoms with Gasteiger partial charge in [0.05, 0.1) is 0 Å². The van der Waals surface area contributed by atoms with Crippen LogP contribution in [-0.2, 0) is 14.4 Å². The van der Waals surface area contributed by atoms with E-state index in [0.29, 0.717) is 28.5 Å². The number of hydrogen-bond donors (Lipinski definition) is 4. The molecule has 0 bridgehead atoms. The summed E-state index contributed by atoms with van der Waals surface area (Å²) in [5.74, 6) is -1.15. The van der Waals surface area contributed by atoms with Crippen LogP contribution in [0.5, 0.6) is 0 Å². The molecule has 0 saturated carbocycles. The van der Waals surface area contributed by atoms with Crippen LogP contribution in [0.2, 0.25) is 5.02 Å². The van der Waals surface area contributed by atoms with Gasteiger partial charge >= 0.3 is 0 Å². The third-order valence-corrected chi connectivity index (χ3v) is 4.08. The van der Waals surface area contributed by atoms with Gasteiger partial charge in [0, 0.05) is 54.5 Å². The molecular weight excluding hydrogens is 408 g/mol. The Bertz CT molecular complexity index is 910. The summed E-state index contributed by atoms with van der Waals surface area (Å²) in [6.45, 7) is 2.98. The second-order valence-corrected chi connectivity index (χ2v) is 7.01. The maximum atomic E-state index is 12.4. The van der Waals surface area contributed by atoms with Crippen molar-refractivity contribution in [3.63, 3.8) is 0 Å². The van der Waals surface area contributed by atoms with Gasteiger partial charge < -0.3 is 21.3 Å². The van der Waals surface area contributed by atoms with E-state index in [1.807, 2.05) is 0 Å². The standard InChI is InChI=1S/C21H23ClN4O4/c1-13(27)24-18-10-15(11-19(12-18)25-14(2)28)21(30)23-9-3-4-20(29)26-17-7-5-16(22)6-8-17/h5-8,10-12H,3-4,9H2,1-2H3,(H,23,30)(H,24,27)(H,25,28)(H,26,29). The minimum Gasteiger partial charge on any atom is -0.352 e. The van der Waals surface area contributed by atoms with E-state index < -0.39 is 0 Å². The van der Waals surface area contributed by atoms with Gasteiger partial charge in [0.25, 0.3) is 5.91 Å². The Morgan fingerprint density at radius 1 is 0.800 bits per heavy atom. The van der Waals surface area contributed by atoms with Crippen LogP contribution in [0.4, 0.5) is 17.1 Å². The molecule has 8 nitrogen and oxygen atoms in total. The van der Waals surface area contributed by atoms with Gasteiger partial charge in [-0.3, -0.25) is 19.2 Å². The first-order chi connectivity index (χ1) is 14.2. The monoisotopic (exact) mass is 430 g/mol. The highest BCUT2D eigenvalue weighted by atomic mass is 35.5. The molecule has 2 aromatic rings. The van der Waals surface area contributed by atoms with Gasteiger partial charge in [-0.2, -0.15) is 0 Å². The van der Waals surface area contributed by atoms with Crippen molar-refractivity contribution in [1.82, 2.24) is 5.32 Å². The molecule has 4 N–H and O–H groups in total. The van der Waals surface area contributed by atoms with Crippen LogP contribution >= 0.6 is 11.6 Å². The topological polar surface area (TPSA) is 116 Å². The van der Waals surface area contributed by atoms with Crippen molar-refractivity contribution in [2.75, 3.05) is 22.5 Å². The molecule has 4 amide bonds. The van der Waals surface area contributed by atoms with Crippen LogP contribution in [-0.4, -0.2) is 30.2 Å². The van der Waals surface area contributed by atoms with Crippen molar-refractivity contribution in [3.8, 4) is 0 Å². The van der Waals surface area contributed by atoms with Gasteiger partial charge in [-0.05, 0) is 48.9 Å². The molecule has 0 aliphatic heterocycles. The van der Waals surface area contributed by atoms with E-state index in [1.165, 1.54) is 26.0 Å². The highest BCUT2D eigenvalue weighted by molar-refractivity contribution is 6.30. The van der Waals surface area contributed by atoms with Crippen LogP contribution in [0.25, 0.3) is 0 Å². The van der Waals surface area contributed by atoms with Gasteiger partial charge in [0.2, 0.25) is 17.7 Å². The number of carbonyl (C=O) groups is 4. The van der Waals surface area contributed by atoms with E-state index in [0.717, 1.165) is 0 Å². The Hall–Kier alpha value is -3.39. The van der Waals surface area contributed by atoms with Crippen LogP contribution in [0, 0.1) is 0 Å². The fourth-order valence-electron chi connectivity index (χ4n) is 2.62. The number of benzene rings is 2. The van der Waals surface area contributed by atoms with Crippen molar-refractivity contribution in [1.29, 1.82) is 0 Å². The predicted molar refractivity (Wildman–Crippen MR) is 117 cm³/mol. The van der Waals surface area contributed by atoms with Gasteiger partial charge in [-0.15, -0.1) is 0 Å². The first-order valence-electron chi connectivity index (χ1n) is 9.27. The normalized spacial score (nSPS) is 10.1. The van der Waals surface area contributed by atoms with Crippen molar-refractivity contribution in [2.45, 2.75) is 26.7 Å². The molecule has 30 heavy (non-hydrogen) atoms. The highest BCUT2D eigenvalue weighted by Gasteiger charge is 2.11. The minimum atomic E-state index is -0.382. The summed E-state index contributed by atoms with van der Waals surface area (Å²) in [6.07, 6.45) is 0.668. The number of rotatable bonds is 8. The number of halogens is 1. The molecule has 0 radical (unpaired) electrons. The first kappa shape index (κ1) is 22.9. The smallest absolute Gasteiger partial charge is 0.251 e. The lowest BCUT2D eigenvalue weighted by molar-refractivity contribution is -0.116. The zero-order chi connectivity index (χ0) is 22.1. The summed E-state index contributed by atoms with van der Waals surface area (Å²) >= 11 is 5.81. The molecule has 2 rings (SSSR count). The Kier molecular flexibility index (Phi) is 8.37. The quantitative estimate of drug-likeness (QED) is 0.480. The van der Waals surface area contributed by atoms with Crippen molar-refractivity contribution >= 4 is 52.3 Å². The Balaban J connectivity index is 1.88. The maximum absolute atomic E-state index is 12.4. The average molecular weight is 431 g/mol. The Labute approximate surface area is 179 Å². The summed E-state index contributed by atoms with van der Waals surface area (Å²) in [4.78, 5) is 47.0. The zero-order valence-electron chi connectivity index (χ0n) is 16.7. The van der Waals surface area contributed by atoms with Crippen molar-refractivity contribution < 1.29 is 19.2 Å². The molecule has 0 aromatic heterocycles. The molecule has 0 spiro atoms. The molecule has 0 fully saturated rings. The third-order valence-electron chi connectivity index (χ3n) is 3.83. The number of anilines is 3.